The largest absolute Gasteiger partial charge is 0.489 e. The van der Waals surface area contributed by atoms with Gasteiger partial charge in [-0.3, -0.25) is 9.59 Å². The first-order valence-corrected chi connectivity index (χ1v) is 6.31. The van der Waals surface area contributed by atoms with Crippen LogP contribution < -0.4 is 10.1 Å². The summed E-state index contributed by atoms with van der Waals surface area (Å²) in [4.78, 5) is 22.8. The molecule has 0 saturated heterocycles. The molecular weight excluding hydrogens is 242 g/mol. The molecule has 0 bridgehead atoms. The maximum Gasteiger partial charge on any atom is 0.229 e. The molecule has 0 radical (unpaired) electrons. The zero-order chi connectivity index (χ0) is 14.6. The van der Waals surface area contributed by atoms with E-state index < -0.39 is 5.41 Å². The van der Waals surface area contributed by atoms with Crippen LogP contribution in [0.3, 0.4) is 0 Å². The Morgan fingerprint density at radius 1 is 1.32 bits per heavy atom. The van der Waals surface area contributed by atoms with Gasteiger partial charge in [0.25, 0.3) is 0 Å². The zero-order valence-electron chi connectivity index (χ0n) is 12.1. The van der Waals surface area contributed by atoms with Crippen LogP contribution in [0.5, 0.6) is 5.75 Å². The summed E-state index contributed by atoms with van der Waals surface area (Å²) in [6.45, 7) is 9.30. The average Bonchev–Trinajstić information content (AvgIpc) is 2.29. The molecule has 0 aliphatic carbocycles. The number of hydrogen-bond acceptors (Lipinski definition) is 3. The predicted octanol–water partition coefficient (Wildman–Crippen LogP) is 3.27. The number of rotatable bonds is 4. The van der Waals surface area contributed by atoms with Crippen molar-refractivity contribution in [2.24, 2.45) is 5.41 Å². The first-order valence-electron chi connectivity index (χ1n) is 6.31. The van der Waals surface area contributed by atoms with E-state index in [9.17, 15) is 9.59 Å². The van der Waals surface area contributed by atoms with Gasteiger partial charge in [0.15, 0.2) is 0 Å². The van der Waals surface area contributed by atoms with Crippen LogP contribution in [0.4, 0.5) is 5.69 Å². The third kappa shape index (κ3) is 4.39. The summed E-state index contributed by atoms with van der Waals surface area (Å²) in [6.07, 6.45) is 0.735. The fourth-order valence-electron chi connectivity index (χ4n) is 1.39. The maximum atomic E-state index is 12.0. The number of aldehydes is 1. The molecule has 1 amide bonds. The molecule has 0 spiro atoms. The van der Waals surface area contributed by atoms with E-state index in [1.54, 1.807) is 18.2 Å². The number of nitrogens with one attached hydrogen (secondary N) is 1. The van der Waals surface area contributed by atoms with Gasteiger partial charge in [0.2, 0.25) is 5.91 Å². The van der Waals surface area contributed by atoms with Crippen LogP contribution in [0.15, 0.2) is 18.2 Å². The second-order valence-corrected chi connectivity index (χ2v) is 5.74. The van der Waals surface area contributed by atoms with Gasteiger partial charge in [0.1, 0.15) is 12.0 Å². The van der Waals surface area contributed by atoms with E-state index >= 15 is 0 Å². The third-order valence-electron chi connectivity index (χ3n) is 2.43. The fraction of sp³-hybridized carbons (Fsp3) is 0.467. The Kier molecular flexibility index (Phi) is 4.70. The Balaban J connectivity index is 3.07. The van der Waals surface area contributed by atoms with Crippen LogP contribution in [0.2, 0.25) is 0 Å². The molecule has 0 aliphatic rings. The third-order valence-corrected chi connectivity index (χ3v) is 2.43. The molecule has 0 unspecified atom stereocenters. The lowest BCUT2D eigenvalue weighted by Crippen LogP contribution is -2.28. The number of carbonyl (C=O) groups is 2. The highest BCUT2D eigenvalue weighted by Crippen LogP contribution is 2.28. The summed E-state index contributed by atoms with van der Waals surface area (Å²) in [5, 5.41) is 2.81. The van der Waals surface area contributed by atoms with Crippen LogP contribution in [0.25, 0.3) is 0 Å². The van der Waals surface area contributed by atoms with Crippen molar-refractivity contribution in [1.29, 1.82) is 0 Å². The van der Waals surface area contributed by atoms with Gasteiger partial charge in [-0.1, -0.05) is 20.8 Å². The highest BCUT2D eigenvalue weighted by molar-refractivity contribution is 5.96. The van der Waals surface area contributed by atoms with Crippen molar-refractivity contribution in [2.75, 3.05) is 5.32 Å². The second-order valence-electron chi connectivity index (χ2n) is 5.74. The number of amides is 1. The monoisotopic (exact) mass is 263 g/mol. The molecule has 1 aromatic carbocycles. The molecule has 0 saturated carbocycles. The summed E-state index contributed by atoms with van der Waals surface area (Å²) in [5.74, 6) is 0.447. The first-order chi connectivity index (χ1) is 8.74. The molecule has 0 heterocycles. The molecule has 19 heavy (non-hydrogen) atoms. The van der Waals surface area contributed by atoms with E-state index in [0.29, 0.717) is 17.0 Å². The molecule has 0 aromatic heterocycles. The van der Waals surface area contributed by atoms with E-state index in [1.165, 1.54) is 0 Å². The number of benzene rings is 1. The molecule has 1 aromatic rings. The van der Waals surface area contributed by atoms with Crippen molar-refractivity contribution in [3.05, 3.63) is 23.8 Å². The molecular formula is C15H21NO3. The van der Waals surface area contributed by atoms with Gasteiger partial charge in [0.05, 0.1) is 11.8 Å². The Morgan fingerprint density at radius 3 is 2.42 bits per heavy atom. The Labute approximate surface area is 114 Å². The summed E-state index contributed by atoms with van der Waals surface area (Å²) in [7, 11) is 0. The molecule has 4 heteroatoms. The van der Waals surface area contributed by atoms with Gasteiger partial charge < -0.3 is 10.1 Å². The van der Waals surface area contributed by atoms with E-state index in [4.69, 9.17) is 4.74 Å². The van der Waals surface area contributed by atoms with Gasteiger partial charge in [-0.15, -0.1) is 0 Å². The first kappa shape index (κ1) is 15.2. The molecule has 0 fully saturated rings. The molecule has 1 rings (SSSR count). The van der Waals surface area contributed by atoms with Crippen molar-refractivity contribution in [3.63, 3.8) is 0 Å². The van der Waals surface area contributed by atoms with E-state index in [2.05, 4.69) is 5.32 Å². The molecule has 0 aliphatic heterocycles. The van der Waals surface area contributed by atoms with Gasteiger partial charge >= 0.3 is 0 Å². The van der Waals surface area contributed by atoms with E-state index in [0.717, 1.165) is 6.29 Å². The minimum Gasteiger partial charge on any atom is -0.489 e. The number of anilines is 1. The lowest BCUT2D eigenvalue weighted by Gasteiger charge is -2.20. The summed E-state index contributed by atoms with van der Waals surface area (Å²) in [5.41, 5.74) is 0.519. The van der Waals surface area contributed by atoms with Crippen molar-refractivity contribution in [2.45, 2.75) is 40.7 Å². The highest BCUT2D eigenvalue weighted by Gasteiger charge is 2.22. The Bertz CT molecular complexity index is 473. The topological polar surface area (TPSA) is 55.4 Å². The molecule has 1 N–H and O–H groups in total. The predicted molar refractivity (Wildman–Crippen MR) is 75.7 cm³/mol. The lowest BCUT2D eigenvalue weighted by molar-refractivity contribution is -0.123. The van der Waals surface area contributed by atoms with E-state index in [1.807, 2.05) is 34.6 Å². The Hall–Kier alpha value is -1.84. The molecule has 0 atom stereocenters. The zero-order valence-corrected chi connectivity index (χ0v) is 12.1. The number of hydrogen-bond donors (Lipinski definition) is 1. The van der Waals surface area contributed by atoms with Crippen LogP contribution >= 0.6 is 0 Å². The normalized spacial score (nSPS) is 11.3. The van der Waals surface area contributed by atoms with Crippen LogP contribution in [-0.4, -0.2) is 18.3 Å². The summed E-state index contributed by atoms with van der Waals surface area (Å²) in [6, 6.07) is 4.98. The second kappa shape index (κ2) is 5.87. The average molecular weight is 263 g/mol. The van der Waals surface area contributed by atoms with E-state index in [-0.39, 0.29) is 12.0 Å². The minimum atomic E-state index is -0.508. The van der Waals surface area contributed by atoms with Crippen molar-refractivity contribution in [1.82, 2.24) is 0 Å². The van der Waals surface area contributed by atoms with Crippen molar-refractivity contribution >= 4 is 17.9 Å². The highest BCUT2D eigenvalue weighted by atomic mass is 16.5. The number of ether oxygens (including phenoxy) is 1. The van der Waals surface area contributed by atoms with Gasteiger partial charge in [-0.25, -0.2) is 0 Å². The quantitative estimate of drug-likeness (QED) is 0.848. The molecule has 104 valence electrons. The summed E-state index contributed by atoms with van der Waals surface area (Å²) >= 11 is 0. The standard InChI is InChI=1S/C15H21NO3/c1-10(2)19-13-7-6-11(9-17)8-12(13)16-14(18)15(3,4)5/h6-10H,1-5H3,(H,16,18). The smallest absolute Gasteiger partial charge is 0.229 e. The van der Waals surface area contributed by atoms with Gasteiger partial charge in [0, 0.05) is 11.0 Å². The van der Waals surface area contributed by atoms with Crippen LogP contribution in [-0.2, 0) is 4.79 Å². The maximum absolute atomic E-state index is 12.0. The number of carbonyl (C=O) groups excluding carboxylic acids is 2. The fourth-order valence-corrected chi connectivity index (χ4v) is 1.39. The lowest BCUT2D eigenvalue weighted by atomic mass is 9.95. The van der Waals surface area contributed by atoms with Crippen LogP contribution in [0.1, 0.15) is 45.0 Å². The SMILES string of the molecule is CC(C)Oc1ccc(C=O)cc1NC(=O)C(C)(C)C. The minimum absolute atomic E-state index is 0.00706. The van der Waals surface area contributed by atoms with Gasteiger partial charge in [-0.2, -0.15) is 0 Å². The van der Waals surface area contributed by atoms with Crippen molar-refractivity contribution in [3.8, 4) is 5.75 Å². The van der Waals surface area contributed by atoms with Crippen molar-refractivity contribution < 1.29 is 14.3 Å². The molecule has 4 nitrogen and oxygen atoms in total. The van der Waals surface area contributed by atoms with Crippen LogP contribution in [0, 0.1) is 5.41 Å². The summed E-state index contributed by atoms with van der Waals surface area (Å²) < 4.78 is 5.63. The van der Waals surface area contributed by atoms with Gasteiger partial charge in [-0.05, 0) is 32.0 Å². The Morgan fingerprint density at radius 2 is 1.95 bits per heavy atom.